The fraction of sp³-hybridized carbons (Fsp3) is 0.467. The average Bonchev–Trinajstić information content (AvgIpc) is 2.57. The Bertz CT molecular complexity index is 556. The molecule has 1 aromatic carbocycles. The molecule has 1 aliphatic rings. The second kappa shape index (κ2) is 5.65. The predicted molar refractivity (Wildman–Crippen MR) is 86.2 cm³/mol. The normalized spacial score (nSPS) is 20.9. The molecule has 3 N–H and O–H groups in total. The Morgan fingerprint density at radius 3 is 2.33 bits per heavy atom. The van der Waals surface area contributed by atoms with Crippen LogP contribution in [0.2, 0.25) is 5.02 Å². The van der Waals surface area contributed by atoms with Gasteiger partial charge >= 0.3 is 7.12 Å². The smallest absolute Gasteiger partial charge is 0.491 e. The summed E-state index contributed by atoms with van der Waals surface area (Å²) in [6.07, 6.45) is 1.79. The van der Waals surface area contributed by atoms with Crippen LogP contribution in [0.3, 0.4) is 0 Å². The summed E-state index contributed by atoms with van der Waals surface area (Å²) in [6.45, 7) is 8.22. The van der Waals surface area contributed by atoms with Gasteiger partial charge in [-0.1, -0.05) is 17.7 Å². The summed E-state index contributed by atoms with van der Waals surface area (Å²) in [5, 5.41) is 10.4. The highest BCUT2D eigenvalue weighted by Crippen LogP contribution is 2.39. The Morgan fingerprint density at radius 2 is 1.86 bits per heavy atom. The van der Waals surface area contributed by atoms with E-state index in [1.165, 1.54) is 6.07 Å². The lowest BCUT2D eigenvalue weighted by atomic mass is 9.77. The highest BCUT2D eigenvalue weighted by Gasteiger charge is 2.52. The summed E-state index contributed by atoms with van der Waals surface area (Å²) in [5.41, 5.74) is 6.38. The first-order chi connectivity index (χ1) is 9.66. The van der Waals surface area contributed by atoms with Crippen LogP contribution in [0, 0.1) is 0 Å². The fourth-order valence-electron chi connectivity index (χ4n) is 2.06. The zero-order chi connectivity index (χ0) is 15.8. The number of phenolic OH excluding ortho intramolecular Hbond substituents is 1. The summed E-state index contributed by atoms with van der Waals surface area (Å²) >= 11 is 5.83. The molecule has 0 spiro atoms. The van der Waals surface area contributed by atoms with E-state index in [1.807, 2.05) is 27.7 Å². The van der Waals surface area contributed by atoms with Crippen LogP contribution in [0.5, 0.6) is 5.75 Å². The zero-order valence-corrected chi connectivity index (χ0v) is 13.6. The number of nitrogens with two attached hydrogens (primary N) is 1. The summed E-state index contributed by atoms with van der Waals surface area (Å²) in [5.74, 6) is 0.102. The number of halogens is 1. The molecule has 1 heterocycles. The molecule has 6 heteroatoms. The highest BCUT2D eigenvalue weighted by atomic mass is 35.5. The highest BCUT2D eigenvalue weighted by molar-refractivity contribution is 6.56. The largest absolute Gasteiger partial charge is 0.507 e. The van der Waals surface area contributed by atoms with Gasteiger partial charge in [0.15, 0.2) is 0 Å². The SMILES string of the molecule is CC1(C)OB(C(=Cc2ccc(Cl)cc2O)CN)OC1(C)C. The Balaban J connectivity index is 2.31. The summed E-state index contributed by atoms with van der Waals surface area (Å²) in [4.78, 5) is 0. The monoisotopic (exact) mass is 309 g/mol. The second-order valence-corrected chi connectivity index (χ2v) is 6.65. The molecule has 1 fully saturated rings. The number of hydrogen-bond acceptors (Lipinski definition) is 4. The summed E-state index contributed by atoms with van der Waals surface area (Å²) < 4.78 is 11.9. The molecule has 0 amide bonds. The van der Waals surface area contributed by atoms with Gasteiger partial charge in [0.25, 0.3) is 0 Å². The van der Waals surface area contributed by atoms with Crippen molar-refractivity contribution in [2.45, 2.75) is 38.9 Å². The molecular formula is C15H21BClNO3. The lowest BCUT2D eigenvalue weighted by molar-refractivity contribution is 0.00578. The fourth-order valence-corrected chi connectivity index (χ4v) is 2.22. The van der Waals surface area contributed by atoms with Crippen molar-refractivity contribution in [3.8, 4) is 5.75 Å². The van der Waals surface area contributed by atoms with Gasteiger partial charge in [0.05, 0.1) is 11.2 Å². The van der Waals surface area contributed by atoms with Gasteiger partial charge in [-0.05, 0) is 51.4 Å². The molecule has 0 unspecified atom stereocenters. The standard InChI is InChI=1S/C15H21BClNO3/c1-14(2)15(3,4)21-16(20-14)11(9-18)7-10-5-6-12(17)8-13(10)19/h5-8,19H,9,18H2,1-4H3. The van der Waals surface area contributed by atoms with E-state index in [4.69, 9.17) is 26.6 Å². The predicted octanol–water partition coefficient (Wildman–Crippen LogP) is 3.02. The van der Waals surface area contributed by atoms with E-state index in [1.54, 1.807) is 18.2 Å². The molecule has 1 aromatic rings. The van der Waals surface area contributed by atoms with Crippen molar-refractivity contribution in [3.05, 3.63) is 34.3 Å². The van der Waals surface area contributed by atoms with Gasteiger partial charge in [0, 0.05) is 17.1 Å². The maximum Gasteiger partial charge on any atom is 0.491 e. The molecule has 1 saturated heterocycles. The average molecular weight is 310 g/mol. The van der Waals surface area contributed by atoms with Crippen LogP contribution < -0.4 is 5.73 Å². The van der Waals surface area contributed by atoms with Crippen LogP contribution in [0.4, 0.5) is 0 Å². The van der Waals surface area contributed by atoms with E-state index in [9.17, 15) is 5.11 Å². The third-order valence-electron chi connectivity index (χ3n) is 4.13. The lowest BCUT2D eigenvalue weighted by Gasteiger charge is -2.32. The van der Waals surface area contributed by atoms with E-state index < -0.39 is 18.3 Å². The molecule has 0 saturated carbocycles. The third kappa shape index (κ3) is 3.26. The zero-order valence-electron chi connectivity index (χ0n) is 12.8. The third-order valence-corrected chi connectivity index (χ3v) is 4.36. The number of benzene rings is 1. The van der Waals surface area contributed by atoms with Crippen LogP contribution in [0.15, 0.2) is 23.7 Å². The Morgan fingerprint density at radius 1 is 1.29 bits per heavy atom. The van der Waals surface area contributed by atoms with E-state index >= 15 is 0 Å². The Kier molecular flexibility index (Phi) is 4.40. The molecule has 114 valence electrons. The molecule has 0 aromatic heterocycles. The van der Waals surface area contributed by atoms with Gasteiger partial charge in [-0.25, -0.2) is 0 Å². The van der Waals surface area contributed by atoms with Gasteiger partial charge in [-0.15, -0.1) is 0 Å². The minimum absolute atomic E-state index is 0.102. The second-order valence-electron chi connectivity index (χ2n) is 6.21. The molecule has 0 aliphatic carbocycles. The molecular weight excluding hydrogens is 288 g/mol. The van der Waals surface area contributed by atoms with Crippen LogP contribution in [-0.4, -0.2) is 30.0 Å². The quantitative estimate of drug-likeness (QED) is 0.842. The first kappa shape index (κ1) is 16.4. The number of phenols is 1. The van der Waals surface area contributed by atoms with Crippen molar-refractivity contribution in [2.24, 2.45) is 5.73 Å². The van der Waals surface area contributed by atoms with Gasteiger partial charge in [-0.2, -0.15) is 0 Å². The maximum absolute atomic E-state index is 9.93. The van der Waals surface area contributed by atoms with E-state index in [-0.39, 0.29) is 12.3 Å². The van der Waals surface area contributed by atoms with E-state index in [0.29, 0.717) is 10.6 Å². The van der Waals surface area contributed by atoms with Crippen molar-refractivity contribution in [2.75, 3.05) is 6.54 Å². The van der Waals surface area contributed by atoms with Crippen molar-refractivity contribution >= 4 is 24.8 Å². The maximum atomic E-state index is 9.93. The van der Waals surface area contributed by atoms with Crippen LogP contribution in [0.1, 0.15) is 33.3 Å². The van der Waals surface area contributed by atoms with Gasteiger partial charge < -0.3 is 20.1 Å². The molecule has 2 rings (SSSR count). The minimum atomic E-state index is -0.518. The summed E-state index contributed by atoms with van der Waals surface area (Å²) in [7, 11) is -0.518. The van der Waals surface area contributed by atoms with Crippen LogP contribution in [-0.2, 0) is 9.31 Å². The number of hydrogen-bond donors (Lipinski definition) is 2. The van der Waals surface area contributed by atoms with Crippen molar-refractivity contribution in [1.29, 1.82) is 0 Å². The van der Waals surface area contributed by atoms with Crippen molar-refractivity contribution in [3.63, 3.8) is 0 Å². The first-order valence-corrected chi connectivity index (χ1v) is 7.29. The number of aromatic hydroxyl groups is 1. The lowest BCUT2D eigenvalue weighted by Crippen LogP contribution is -2.41. The molecule has 0 atom stereocenters. The number of rotatable bonds is 3. The van der Waals surface area contributed by atoms with Gasteiger partial charge in [0.1, 0.15) is 5.75 Å². The molecule has 21 heavy (non-hydrogen) atoms. The van der Waals surface area contributed by atoms with E-state index in [0.717, 1.165) is 5.47 Å². The van der Waals surface area contributed by atoms with Crippen LogP contribution in [0.25, 0.3) is 6.08 Å². The van der Waals surface area contributed by atoms with Gasteiger partial charge in [-0.3, -0.25) is 0 Å². The topological polar surface area (TPSA) is 64.7 Å². The molecule has 1 aliphatic heterocycles. The van der Waals surface area contributed by atoms with Gasteiger partial charge in [0.2, 0.25) is 0 Å². The minimum Gasteiger partial charge on any atom is -0.507 e. The van der Waals surface area contributed by atoms with Crippen molar-refractivity contribution in [1.82, 2.24) is 0 Å². The summed E-state index contributed by atoms with van der Waals surface area (Å²) in [6, 6.07) is 4.94. The van der Waals surface area contributed by atoms with Crippen molar-refractivity contribution < 1.29 is 14.4 Å². The first-order valence-electron chi connectivity index (χ1n) is 6.91. The molecule has 0 bridgehead atoms. The molecule has 0 radical (unpaired) electrons. The Labute approximate surface area is 131 Å². The van der Waals surface area contributed by atoms with Crippen LogP contribution >= 0.6 is 11.6 Å². The van der Waals surface area contributed by atoms with E-state index in [2.05, 4.69) is 0 Å². The Hall–Kier alpha value is -1.01. The molecule has 4 nitrogen and oxygen atoms in total.